The highest BCUT2D eigenvalue weighted by molar-refractivity contribution is 5.96. The molecule has 106 valence electrons. The van der Waals surface area contributed by atoms with Gasteiger partial charge in [-0.3, -0.25) is 9.59 Å². The van der Waals surface area contributed by atoms with Crippen LogP contribution in [0.5, 0.6) is 0 Å². The smallest absolute Gasteiger partial charge is 0.251 e. The first kappa shape index (κ1) is 13.1. The van der Waals surface area contributed by atoms with Crippen LogP contribution in [0.1, 0.15) is 10.4 Å². The highest BCUT2D eigenvalue weighted by Gasteiger charge is 2.51. The van der Waals surface area contributed by atoms with Gasteiger partial charge in [0, 0.05) is 37.2 Å². The Morgan fingerprint density at radius 3 is 2.40 bits per heavy atom. The van der Waals surface area contributed by atoms with E-state index in [-0.39, 0.29) is 18.4 Å². The SMILES string of the molecule is CN1CC2(C1)CN(C(=O)CNC(=O)c1ccccc1)C2. The van der Waals surface area contributed by atoms with E-state index in [9.17, 15) is 9.59 Å². The molecule has 1 aromatic carbocycles. The van der Waals surface area contributed by atoms with Crippen LogP contribution in [0.3, 0.4) is 0 Å². The quantitative estimate of drug-likeness (QED) is 0.855. The molecule has 0 aliphatic carbocycles. The summed E-state index contributed by atoms with van der Waals surface area (Å²) in [5, 5.41) is 2.68. The van der Waals surface area contributed by atoms with Gasteiger partial charge >= 0.3 is 0 Å². The minimum Gasteiger partial charge on any atom is -0.343 e. The monoisotopic (exact) mass is 273 g/mol. The molecule has 2 heterocycles. The van der Waals surface area contributed by atoms with Gasteiger partial charge in [-0.2, -0.15) is 0 Å². The van der Waals surface area contributed by atoms with Gasteiger partial charge in [0.05, 0.1) is 6.54 Å². The second-order valence-corrected chi connectivity index (χ2v) is 5.97. The number of hydrogen-bond donors (Lipinski definition) is 1. The zero-order chi connectivity index (χ0) is 14.2. The van der Waals surface area contributed by atoms with Crippen LogP contribution in [-0.2, 0) is 4.79 Å². The number of nitrogens with one attached hydrogen (secondary N) is 1. The lowest BCUT2D eigenvalue weighted by Crippen LogP contribution is -2.72. The van der Waals surface area contributed by atoms with Crippen LogP contribution >= 0.6 is 0 Å². The van der Waals surface area contributed by atoms with Gasteiger partial charge < -0.3 is 15.1 Å². The molecule has 0 radical (unpaired) electrons. The first-order valence-electron chi connectivity index (χ1n) is 6.88. The van der Waals surface area contributed by atoms with Crippen molar-refractivity contribution >= 4 is 11.8 Å². The molecule has 2 amide bonds. The molecule has 0 bridgehead atoms. The number of benzene rings is 1. The van der Waals surface area contributed by atoms with Gasteiger partial charge in [-0.15, -0.1) is 0 Å². The van der Waals surface area contributed by atoms with Crippen molar-refractivity contribution in [2.24, 2.45) is 5.41 Å². The van der Waals surface area contributed by atoms with Crippen molar-refractivity contribution in [3.05, 3.63) is 35.9 Å². The Morgan fingerprint density at radius 1 is 1.15 bits per heavy atom. The van der Waals surface area contributed by atoms with Gasteiger partial charge in [0.1, 0.15) is 0 Å². The molecule has 1 N–H and O–H groups in total. The maximum Gasteiger partial charge on any atom is 0.251 e. The Hall–Kier alpha value is -1.88. The van der Waals surface area contributed by atoms with Crippen LogP contribution in [0.15, 0.2) is 30.3 Å². The highest BCUT2D eigenvalue weighted by atomic mass is 16.2. The molecule has 0 atom stereocenters. The largest absolute Gasteiger partial charge is 0.343 e. The van der Waals surface area contributed by atoms with Gasteiger partial charge in [-0.05, 0) is 19.2 Å². The van der Waals surface area contributed by atoms with Gasteiger partial charge in [-0.25, -0.2) is 0 Å². The second-order valence-electron chi connectivity index (χ2n) is 5.97. The topological polar surface area (TPSA) is 52.6 Å². The van der Waals surface area contributed by atoms with Crippen LogP contribution in [0, 0.1) is 5.41 Å². The number of likely N-dealkylation sites (tertiary alicyclic amines) is 2. The lowest BCUT2D eigenvalue weighted by molar-refractivity contribution is -0.155. The molecule has 0 saturated carbocycles. The van der Waals surface area contributed by atoms with Crippen molar-refractivity contribution in [1.82, 2.24) is 15.1 Å². The molecule has 2 aliphatic heterocycles. The summed E-state index contributed by atoms with van der Waals surface area (Å²) in [6.07, 6.45) is 0. The lowest BCUT2D eigenvalue weighted by Gasteiger charge is -2.59. The highest BCUT2D eigenvalue weighted by Crippen LogP contribution is 2.38. The normalized spacial score (nSPS) is 20.1. The Bertz CT molecular complexity index is 515. The molecule has 0 unspecified atom stereocenters. The van der Waals surface area contributed by atoms with E-state index in [0.29, 0.717) is 11.0 Å². The minimum absolute atomic E-state index is 0.00876. The van der Waals surface area contributed by atoms with E-state index in [1.54, 1.807) is 12.1 Å². The second kappa shape index (κ2) is 4.90. The Kier molecular flexibility index (Phi) is 3.22. The summed E-state index contributed by atoms with van der Waals surface area (Å²) in [7, 11) is 2.09. The Morgan fingerprint density at radius 2 is 1.80 bits per heavy atom. The predicted molar refractivity (Wildman–Crippen MR) is 75.3 cm³/mol. The average Bonchev–Trinajstić information content (AvgIpc) is 2.39. The molecule has 2 saturated heterocycles. The Balaban J connectivity index is 1.43. The maximum absolute atomic E-state index is 12.0. The number of hydrogen-bond acceptors (Lipinski definition) is 3. The van der Waals surface area contributed by atoms with E-state index >= 15 is 0 Å². The fraction of sp³-hybridized carbons (Fsp3) is 0.467. The fourth-order valence-corrected chi connectivity index (χ4v) is 3.20. The molecular formula is C15H19N3O2. The fourth-order valence-electron chi connectivity index (χ4n) is 3.20. The summed E-state index contributed by atoms with van der Waals surface area (Å²) in [4.78, 5) is 27.9. The van der Waals surface area contributed by atoms with E-state index in [2.05, 4.69) is 17.3 Å². The van der Waals surface area contributed by atoms with Crippen LogP contribution in [0.2, 0.25) is 0 Å². The third-order valence-electron chi connectivity index (χ3n) is 4.05. The molecule has 5 heteroatoms. The summed E-state index contributed by atoms with van der Waals surface area (Å²) in [6.45, 7) is 3.90. The average molecular weight is 273 g/mol. The zero-order valence-electron chi connectivity index (χ0n) is 11.6. The maximum atomic E-state index is 12.0. The summed E-state index contributed by atoms with van der Waals surface area (Å²) in [5.41, 5.74) is 0.925. The zero-order valence-corrected chi connectivity index (χ0v) is 11.6. The predicted octanol–water partition coefficient (Wildman–Crippen LogP) is 0.190. The van der Waals surface area contributed by atoms with Crippen molar-refractivity contribution in [2.75, 3.05) is 39.8 Å². The Labute approximate surface area is 118 Å². The van der Waals surface area contributed by atoms with Crippen molar-refractivity contribution in [3.8, 4) is 0 Å². The van der Waals surface area contributed by atoms with Crippen molar-refractivity contribution < 1.29 is 9.59 Å². The molecule has 2 fully saturated rings. The number of nitrogens with zero attached hydrogens (tertiary/aromatic N) is 2. The third-order valence-corrected chi connectivity index (χ3v) is 4.05. The van der Waals surface area contributed by atoms with Crippen LogP contribution in [0.25, 0.3) is 0 Å². The van der Waals surface area contributed by atoms with Crippen LogP contribution < -0.4 is 5.32 Å². The molecule has 3 rings (SSSR count). The molecule has 1 spiro atoms. The number of rotatable bonds is 3. The van der Waals surface area contributed by atoms with E-state index in [0.717, 1.165) is 26.2 Å². The standard InChI is InChI=1S/C15H19N3O2/c1-17-8-15(9-17)10-18(11-15)13(19)7-16-14(20)12-5-3-2-4-6-12/h2-6H,7-11H2,1H3,(H,16,20). The number of carbonyl (C=O) groups is 2. The first-order chi connectivity index (χ1) is 9.58. The van der Waals surface area contributed by atoms with Gasteiger partial charge in [0.2, 0.25) is 5.91 Å². The van der Waals surface area contributed by atoms with Crippen molar-refractivity contribution in [3.63, 3.8) is 0 Å². The molecule has 20 heavy (non-hydrogen) atoms. The van der Waals surface area contributed by atoms with Crippen LogP contribution in [0.4, 0.5) is 0 Å². The minimum atomic E-state index is -0.197. The van der Waals surface area contributed by atoms with E-state index in [4.69, 9.17) is 0 Å². The van der Waals surface area contributed by atoms with Crippen LogP contribution in [-0.4, -0.2) is 61.4 Å². The van der Waals surface area contributed by atoms with E-state index < -0.39 is 0 Å². The third kappa shape index (κ3) is 2.41. The summed E-state index contributed by atoms with van der Waals surface area (Å²) in [6, 6.07) is 8.95. The molecule has 2 aliphatic rings. The van der Waals surface area contributed by atoms with Gasteiger partial charge in [0.25, 0.3) is 5.91 Å². The molecule has 5 nitrogen and oxygen atoms in total. The van der Waals surface area contributed by atoms with Gasteiger partial charge in [0.15, 0.2) is 0 Å². The first-order valence-corrected chi connectivity index (χ1v) is 6.88. The van der Waals surface area contributed by atoms with E-state index in [1.807, 2.05) is 23.1 Å². The number of amides is 2. The van der Waals surface area contributed by atoms with Crippen molar-refractivity contribution in [2.45, 2.75) is 0 Å². The molecule has 0 aromatic heterocycles. The molecular weight excluding hydrogens is 254 g/mol. The summed E-state index contributed by atoms with van der Waals surface area (Å²) in [5.74, 6) is -0.188. The summed E-state index contributed by atoms with van der Waals surface area (Å²) >= 11 is 0. The lowest BCUT2D eigenvalue weighted by atomic mass is 9.73. The summed E-state index contributed by atoms with van der Waals surface area (Å²) < 4.78 is 0. The van der Waals surface area contributed by atoms with E-state index in [1.165, 1.54) is 0 Å². The number of carbonyl (C=O) groups excluding carboxylic acids is 2. The van der Waals surface area contributed by atoms with Gasteiger partial charge in [-0.1, -0.05) is 18.2 Å². The molecule has 1 aromatic rings. The van der Waals surface area contributed by atoms with Crippen molar-refractivity contribution in [1.29, 1.82) is 0 Å².